The first kappa shape index (κ1) is 17.6. The second-order valence-corrected chi connectivity index (χ2v) is 6.35. The number of ether oxygens (including phenoxy) is 1. The van der Waals surface area contributed by atoms with Crippen molar-refractivity contribution in [2.45, 2.75) is 32.7 Å². The molecule has 0 fully saturated rings. The van der Waals surface area contributed by atoms with Crippen molar-refractivity contribution in [3.8, 4) is 5.75 Å². The van der Waals surface area contributed by atoms with Gasteiger partial charge in [0.25, 0.3) is 0 Å². The predicted molar refractivity (Wildman–Crippen MR) is 93.2 cm³/mol. The van der Waals surface area contributed by atoms with E-state index in [1.54, 1.807) is 17.8 Å². The van der Waals surface area contributed by atoms with Crippen LogP contribution in [-0.2, 0) is 11.2 Å². The van der Waals surface area contributed by atoms with Gasteiger partial charge in [-0.15, -0.1) is 0 Å². The van der Waals surface area contributed by atoms with Gasteiger partial charge in [0.1, 0.15) is 17.4 Å². The molecule has 1 aromatic heterocycles. The molecule has 0 radical (unpaired) electrons. The van der Waals surface area contributed by atoms with E-state index in [4.69, 9.17) is 14.9 Å². The molecule has 1 heterocycles. The van der Waals surface area contributed by atoms with Crippen molar-refractivity contribution in [3.05, 3.63) is 39.7 Å². The molecule has 23 heavy (non-hydrogen) atoms. The van der Waals surface area contributed by atoms with Crippen LogP contribution in [0.4, 0.5) is 0 Å². The van der Waals surface area contributed by atoms with Crippen molar-refractivity contribution in [1.82, 2.24) is 0 Å². The number of aryl methyl sites for hydroxylation is 2. The Hall–Kier alpha value is -1.79. The van der Waals surface area contributed by atoms with Gasteiger partial charge in [0.05, 0.1) is 0 Å². The number of esters is 1. The zero-order valence-corrected chi connectivity index (χ0v) is 14.4. The zero-order valence-electron chi connectivity index (χ0n) is 13.5. The van der Waals surface area contributed by atoms with Crippen LogP contribution >= 0.6 is 11.8 Å². The zero-order chi connectivity index (χ0) is 17.0. The van der Waals surface area contributed by atoms with Gasteiger partial charge in [-0.25, -0.2) is 9.59 Å². The Bertz CT molecular complexity index is 769. The average Bonchev–Trinajstić information content (AvgIpc) is 2.51. The Morgan fingerprint density at radius 1 is 1.39 bits per heavy atom. The number of carbonyl (C=O) groups is 1. The SMILES string of the molecule is CCc1cc2c(C)cc(=O)oc2cc1OC(=O)C(N)CCSC. The summed E-state index contributed by atoms with van der Waals surface area (Å²) >= 11 is 1.63. The molecule has 0 aliphatic carbocycles. The Morgan fingerprint density at radius 2 is 2.13 bits per heavy atom. The lowest BCUT2D eigenvalue weighted by molar-refractivity contribution is -0.135. The van der Waals surface area contributed by atoms with E-state index in [1.165, 1.54) is 6.07 Å². The van der Waals surface area contributed by atoms with Gasteiger partial charge in [-0.3, -0.25) is 0 Å². The van der Waals surface area contributed by atoms with Crippen LogP contribution in [0, 0.1) is 6.92 Å². The Labute approximate surface area is 139 Å². The fourth-order valence-electron chi connectivity index (χ4n) is 2.31. The number of fused-ring (bicyclic) bond motifs is 1. The van der Waals surface area contributed by atoms with E-state index >= 15 is 0 Å². The molecule has 1 atom stereocenters. The highest BCUT2D eigenvalue weighted by Gasteiger charge is 2.18. The van der Waals surface area contributed by atoms with Crippen LogP contribution in [0.2, 0.25) is 0 Å². The molecule has 1 aromatic carbocycles. The molecule has 0 spiro atoms. The standard InChI is InChI=1S/C17H21NO4S/c1-4-11-8-12-10(2)7-16(19)21-15(12)9-14(11)22-17(20)13(18)5-6-23-3/h7-9,13H,4-6,18H2,1-3H3. The largest absolute Gasteiger partial charge is 0.425 e. The molecule has 0 bridgehead atoms. The van der Waals surface area contributed by atoms with E-state index in [0.29, 0.717) is 24.2 Å². The lowest BCUT2D eigenvalue weighted by atomic mass is 10.1. The lowest BCUT2D eigenvalue weighted by Gasteiger charge is -2.14. The van der Waals surface area contributed by atoms with Gasteiger partial charge in [0, 0.05) is 17.5 Å². The van der Waals surface area contributed by atoms with Gasteiger partial charge in [0.2, 0.25) is 0 Å². The van der Waals surface area contributed by atoms with Crippen LogP contribution in [0.3, 0.4) is 0 Å². The average molecular weight is 335 g/mol. The molecular formula is C17H21NO4S. The molecule has 2 aromatic rings. The first-order valence-electron chi connectivity index (χ1n) is 7.49. The molecule has 2 rings (SSSR count). The molecule has 0 saturated heterocycles. The van der Waals surface area contributed by atoms with Crippen LogP contribution in [0.5, 0.6) is 5.75 Å². The first-order valence-corrected chi connectivity index (χ1v) is 8.89. The molecule has 1 unspecified atom stereocenters. The third-order valence-electron chi connectivity index (χ3n) is 3.66. The van der Waals surface area contributed by atoms with E-state index in [-0.39, 0.29) is 0 Å². The van der Waals surface area contributed by atoms with Gasteiger partial charge in [-0.05, 0) is 49.0 Å². The predicted octanol–water partition coefficient (Wildman–Crippen LogP) is 2.65. The highest BCUT2D eigenvalue weighted by atomic mass is 32.2. The van der Waals surface area contributed by atoms with Crippen molar-refractivity contribution in [2.24, 2.45) is 5.73 Å². The van der Waals surface area contributed by atoms with E-state index in [1.807, 2.05) is 26.2 Å². The molecule has 0 aliphatic heterocycles. The quantitative estimate of drug-likeness (QED) is 0.496. The van der Waals surface area contributed by atoms with Gasteiger partial charge < -0.3 is 14.9 Å². The molecule has 2 N–H and O–H groups in total. The van der Waals surface area contributed by atoms with Gasteiger partial charge in [0.15, 0.2) is 0 Å². The van der Waals surface area contributed by atoms with Crippen LogP contribution < -0.4 is 16.1 Å². The maximum absolute atomic E-state index is 12.1. The molecule has 5 nitrogen and oxygen atoms in total. The summed E-state index contributed by atoms with van der Waals surface area (Å²) in [6.07, 6.45) is 3.21. The number of hydrogen-bond acceptors (Lipinski definition) is 6. The highest BCUT2D eigenvalue weighted by Crippen LogP contribution is 2.28. The fourth-order valence-corrected chi connectivity index (χ4v) is 2.80. The lowest BCUT2D eigenvalue weighted by Crippen LogP contribution is -2.34. The van der Waals surface area contributed by atoms with E-state index in [2.05, 4.69) is 0 Å². The Balaban J connectivity index is 2.36. The molecule has 0 saturated carbocycles. The van der Waals surface area contributed by atoms with Crippen LogP contribution in [0.1, 0.15) is 24.5 Å². The summed E-state index contributed by atoms with van der Waals surface area (Å²) in [4.78, 5) is 23.6. The summed E-state index contributed by atoms with van der Waals surface area (Å²) in [7, 11) is 0. The molecular weight excluding hydrogens is 314 g/mol. The summed E-state index contributed by atoms with van der Waals surface area (Å²) in [5.74, 6) is 0.726. The van der Waals surface area contributed by atoms with E-state index in [0.717, 1.165) is 22.3 Å². The second kappa shape index (κ2) is 7.66. The monoisotopic (exact) mass is 335 g/mol. The normalized spacial score (nSPS) is 12.3. The van der Waals surface area contributed by atoms with Crippen molar-refractivity contribution in [3.63, 3.8) is 0 Å². The van der Waals surface area contributed by atoms with Crippen LogP contribution in [0.15, 0.2) is 27.4 Å². The van der Waals surface area contributed by atoms with Crippen molar-refractivity contribution >= 4 is 28.7 Å². The number of hydrogen-bond donors (Lipinski definition) is 1. The molecule has 6 heteroatoms. The van der Waals surface area contributed by atoms with Gasteiger partial charge in [-0.2, -0.15) is 11.8 Å². The van der Waals surface area contributed by atoms with E-state index in [9.17, 15) is 9.59 Å². The van der Waals surface area contributed by atoms with Crippen molar-refractivity contribution in [2.75, 3.05) is 12.0 Å². The maximum Gasteiger partial charge on any atom is 0.336 e. The number of rotatable bonds is 6. The first-order chi connectivity index (χ1) is 11.0. The Morgan fingerprint density at radius 3 is 2.78 bits per heavy atom. The van der Waals surface area contributed by atoms with Crippen molar-refractivity contribution in [1.29, 1.82) is 0 Å². The second-order valence-electron chi connectivity index (χ2n) is 5.37. The number of benzene rings is 1. The molecule has 0 amide bonds. The molecule has 0 aliphatic rings. The molecule has 124 valence electrons. The minimum Gasteiger partial charge on any atom is -0.425 e. The summed E-state index contributed by atoms with van der Waals surface area (Å²) in [6.45, 7) is 3.82. The Kier molecular flexibility index (Phi) is 5.85. The van der Waals surface area contributed by atoms with Crippen LogP contribution in [0.25, 0.3) is 11.0 Å². The topological polar surface area (TPSA) is 82.5 Å². The minimum absolute atomic E-state index is 0.401. The van der Waals surface area contributed by atoms with Gasteiger partial charge >= 0.3 is 11.6 Å². The number of nitrogens with two attached hydrogens (primary N) is 1. The smallest absolute Gasteiger partial charge is 0.336 e. The highest BCUT2D eigenvalue weighted by molar-refractivity contribution is 7.98. The van der Waals surface area contributed by atoms with E-state index < -0.39 is 17.6 Å². The maximum atomic E-state index is 12.1. The van der Waals surface area contributed by atoms with Crippen LogP contribution in [-0.4, -0.2) is 24.0 Å². The number of thioether (sulfide) groups is 1. The third-order valence-corrected chi connectivity index (χ3v) is 4.30. The summed E-state index contributed by atoms with van der Waals surface area (Å²) in [5.41, 5.74) is 7.54. The summed E-state index contributed by atoms with van der Waals surface area (Å²) in [6, 6.07) is 4.28. The van der Waals surface area contributed by atoms with Gasteiger partial charge in [-0.1, -0.05) is 6.92 Å². The number of carbonyl (C=O) groups excluding carboxylic acids is 1. The van der Waals surface area contributed by atoms with Crippen molar-refractivity contribution < 1.29 is 13.9 Å². The summed E-state index contributed by atoms with van der Waals surface area (Å²) in [5, 5.41) is 0.841. The minimum atomic E-state index is -0.660. The third kappa shape index (κ3) is 4.14. The summed E-state index contributed by atoms with van der Waals surface area (Å²) < 4.78 is 10.7. The fraction of sp³-hybridized carbons (Fsp3) is 0.412.